The summed E-state index contributed by atoms with van der Waals surface area (Å²) in [6, 6.07) is 8.56. The van der Waals surface area contributed by atoms with Crippen LogP contribution in [0.1, 0.15) is 37.3 Å². The Morgan fingerprint density at radius 3 is 2.75 bits per heavy atom. The van der Waals surface area contributed by atoms with Gasteiger partial charge in [0.25, 0.3) is 0 Å². The van der Waals surface area contributed by atoms with Gasteiger partial charge in [-0.1, -0.05) is 31.2 Å². The van der Waals surface area contributed by atoms with Crippen LogP contribution in [0.5, 0.6) is 0 Å². The molecule has 160 valence electrons. The molecule has 2 N–H and O–H groups in total. The van der Waals surface area contributed by atoms with Gasteiger partial charge in [-0.15, -0.1) is 24.8 Å². The van der Waals surface area contributed by atoms with Crippen molar-refractivity contribution in [2.24, 2.45) is 11.8 Å². The molecule has 2 aliphatic rings. The maximum atomic E-state index is 12.3. The highest BCUT2D eigenvalue weighted by molar-refractivity contribution is 5.85. The van der Waals surface area contributed by atoms with E-state index in [4.69, 9.17) is 4.74 Å². The summed E-state index contributed by atoms with van der Waals surface area (Å²) in [4.78, 5) is 14.7. The molecular weight excluding hydrogens is 397 g/mol. The van der Waals surface area contributed by atoms with Crippen LogP contribution in [0.4, 0.5) is 0 Å². The average Bonchev–Trinajstić information content (AvgIpc) is 2.68. The molecule has 0 saturated carbocycles. The van der Waals surface area contributed by atoms with E-state index in [0.717, 1.165) is 45.9 Å². The summed E-state index contributed by atoms with van der Waals surface area (Å²) in [5.74, 6) is 1.24. The molecule has 5 nitrogen and oxygen atoms in total. The molecule has 3 rings (SSSR count). The highest BCUT2D eigenvalue weighted by Crippen LogP contribution is 2.22. The minimum absolute atomic E-state index is 0. The van der Waals surface area contributed by atoms with E-state index in [2.05, 4.69) is 46.7 Å². The molecule has 0 radical (unpaired) electrons. The molecule has 0 bridgehead atoms. The van der Waals surface area contributed by atoms with E-state index < -0.39 is 0 Å². The van der Waals surface area contributed by atoms with Gasteiger partial charge >= 0.3 is 0 Å². The van der Waals surface area contributed by atoms with E-state index in [9.17, 15) is 4.79 Å². The lowest BCUT2D eigenvalue weighted by Crippen LogP contribution is -2.35. The van der Waals surface area contributed by atoms with E-state index >= 15 is 0 Å². The smallest absolute Gasteiger partial charge is 0.220 e. The number of nitrogens with zero attached hydrogens (tertiary/aromatic N) is 1. The Morgan fingerprint density at radius 2 is 2.04 bits per heavy atom. The number of hydrogen-bond acceptors (Lipinski definition) is 4. The number of piperidine rings is 1. The van der Waals surface area contributed by atoms with Crippen LogP contribution in [0.15, 0.2) is 24.3 Å². The first-order valence-electron chi connectivity index (χ1n) is 10.1. The normalized spacial score (nSPS) is 21.1. The van der Waals surface area contributed by atoms with Gasteiger partial charge in [0.1, 0.15) is 0 Å². The number of rotatable bonds is 7. The van der Waals surface area contributed by atoms with Crippen LogP contribution in [0.3, 0.4) is 0 Å². The van der Waals surface area contributed by atoms with Gasteiger partial charge in [-0.25, -0.2) is 0 Å². The van der Waals surface area contributed by atoms with Crippen molar-refractivity contribution >= 4 is 30.7 Å². The predicted molar refractivity (Wildman–Crippen MR) is 118 cm³/mol. The minimum Gasteiger partial charge on any atom is -0.379 e. The molecule has 0 aromatic heterocycles. The zero-order valence-corrected chi connectivity index (χ0v) is 18.5. The summed E-state index contributed by atoms with van der Waals surface area (Å²) in [5, 5.41) is 6.55. The topological polar surface area (TPSA) is 53.6 Å². The van der Waals surface area contributed by atoms with Crippen LogP contribution in [0, 0.1) is 11.8 Å². The summed E-state index contributed by atoms with van der Waals surface area (Å²) in [6.07, 6.45) is 3.09. The molecule has 7 heteroatoms. The maximum absolute atomic E-state index is 12.3. The monoisotopic (exact) mass is 431 g/mol. The molecule has 28 heavy (non-hydrogen) atoms. The predicted octanol–water partition coefficient (Wildman–Crippen LogP) is 3.00. The lowest BCUT2D eigenvalue weighted by molar-refractivity contribution is -0.122. The Hall–Kier alpha value is -0.850. The van der Waals surface area contributed by atoms with E-state index in [-0.39, 0.29) is 30.7 Å². The van der Waals surface area contributed by atoms with Crippen molar-refractivity contribution in [2.45, 2.75) is 39.3 Å². The number of carbonyl (C=O) groups excluding carboxylic acids is 1. The molecule has 2 aliphatic heterocycles. The molecule has 2 unspecified atom stereocenters. The zero-order chi connectivity index (χ0) is 18.2. The fourth-order valence-electron chi connectivity index (χ4n) is 3.95. The third-order valence-electron chi connectivity index (χ3n) is 5.64. The molecule has 1 amide bonds. The second-order valence-corrected chi connectivity index (χ2v) is 7.77. The van der Waals surface area contributed by atoms with Crippen molar-refractivity contribution in [1.29, 1.82) is 0 Å². The third-order valence-corrected chi connectivity index (χ3v) is 5.64. The molecule has 2 heterocycles. The SMILES string of the molecule is CC(CC(=O)NCc1cccc(CN2CCOCC2)c1)C1CCCNC1.Cl.Cl. The summed E-state index contributed by atoms with van der Waals surface area (Å²) < 4.78 is 5.41. The first-order valence-corrected chi connectivity index (χ1v) is 10.1. The first kappa shape index (κ1) is 25.2. The summed E-state index contributed by atoms with van der Waals surface area (Å²) in [7, 11) is 0. The highest BCUT2D eigenvalue weighted by atomic mass is 35.5. The second-order valence-electron chi connectivity index (χ2n) is 7.77. The van der Waals surface area contributed by atoms with Crippen molar-refractivity contribution < 1.29 is 9.53 Å². The van der Waals surface area contributed by atoms with Gasteiger partial charge < -0.3 is 15.4 Å². The van der Waals surface area contributed by atoms with Crippen molar-refractivity contribution in [2.75, 3.05) is 39.4 Å². The van der Waals surface area contributed by atoms with Crippen molar-refractivity contribution in [1.82, 2.24) is 15.5 Å². The number of halogens is 2. The summed E-state index contributed by atoms with van der Waals surface area (Å²) >= 11 is 0. The lowest BCUT2D eigenvalue weighted by atomic mass is 9.85. The van der Waals surface area contributed by atoms with E-state index in [1.165, 1.54) is 24.0 Å². The highest BCUT2D eigenvalue weighted by Gasteiger charge is 2.21. The second kappa shape index (κ2) is 13.4. The molecule has 2 fully saturated rings. The van der Waals surface area contributed by atoms with Crippen LogP contribution < -0.4 is 10.6 Å². The van der Waals surface area contributed by atoms with Crippen LogP contribution in [0.2, 0.25) is 0 Å². The Bertz CT molecular complexity index is 577. The summed E-state index contributed by atoms with van der Waals surface area (Å²) in [6.45, 7) is 9.59. The molecule has 0 spiro atoms. The largest absolute Gasteiger partial charge is 0.379 e. The van der Waals surface area contributed by atoms with Crippen LogP contribution in [-0.2, 0) is 22.6 Å². The van der Waals surface area contributed by atoms with Crippen LogP contribution in [-0.4, -0.2) is 50.2 Å². The van der Waals surface area contributed by atoms with Gasteiger partial charge in [0.15, 0.2) is 0 Å². The molecule has 0 aliphatic carbocycles. The zero-order valence-electron chi connectivity index (χ0n) is 16.8. The van der Waals surface area contributed by atoms with Crippen molar-refractivity contribution in [3.8, 4) is 0 Å². The molecule has 1 aromatic carbocycles. The molecule has 2 atom stereocenters. The number of hydrogen-bond donors (Lipinski definition) is 2. The fourth-order valence-corrected chi connectivity index (χ4v) is 3.95. The third kappa shape index (κ3) is 8.26. The number of morpholine rings is 1. The van der Waals surface area contributed by atoms with E-state index in [1.54, 1.807) is 0 Å². The number of ether oxygens (including phenoxy) is 1. The minimum atomic E-state index is 0. The Morgan fingerprint density at radius 1 is 1.29 bits per heavy atom. The first-order chi connectivity index (χ1) is 12.7. The van der Waals surface area contributed by atoms with Gasteiger partial charge in [0, 0.05) is 32.6 Å². The van der Waals surface area contributed by atoms with Gasteiger partial charge in [0.05, 0.1) is 13.2 Å². The quantitative estimate of drug-likeness (QED) is 0.696. The van der Waals surface area contributed by atoms with Crippen molar-refractivity contribution in [3.63, 3.8) is 0 Å². The number of carbonyl (C=O) groups is 1. The Labute approximate surface area is 181 Å². The van der Waals surface area contributed by atoms with Gasteiger partial charge in [-0.3, -0.25) is 9.69 Å². The van der Waals surface area contributed by atoms with Gasteiger partial charge in [-0.05, 0) is 48.9 Å². The van der Waals surface area contributed by atoms with Gasteiger partial charge in [0.2, 0.25) is 5.91 Å². The maximum Gasteiger partial charge on any atom is 0.220 e. The summed E-state index contributed by atoms with van der Waals surface area (Å²) in [5.41, 5.74) is 2.48. The lowest BCUT2D eigenvalue weighted by Gasteiger charge is -2.28. The van der Waals surface area contributed by atoms with Gasteiger partial charge in [-0.2, -0.15) is 0 Å². The fraction of sp³-hybridized carbons (Fsp3) is 0.667. The number of benzene rings is 1. The Kier molecular flexibility index (Phi) is 12.0. The molecule has 1 aromatic rings. The van der Waals surface area contributed by atoms with E-state index in [1.807, 2.05) is 0 Å². The molecule has 2 saturated heterocycles. The van der Waals surface area contributed by atoms with Crippen molar-refractivity contribution in [3.05, 3.63) is 35.4 Å². The average molecular weight is 432 g/mol. The number of amides is 1. The van der Waals surface area contributed by atoms with Crippen LogP contribution in [0.25, 0.3) is 0 Å². The van der Waals surface area contributed by atoms with E-state index in [0.29, 0.717) is 24.8 Å². The standard InChI is InChI=1S/C21H33N3O2.2ClH/c1-17(20-6-3-7-22-15-20)12-21(25)23-14-18-4-2-5-19(13-18)16-24-8-10-26-11-9-24;;/h2,4-5,13,17,20,22H,3,6-12,14-16H2,1H3,(H,23,25);2*1H. The number of nitrogens with one attached hydrogen (secondary N) is 2. The molecular formula is C21H35Cl2N3O2. The van der Waals surface area contributed by atoms with Crippen LogP contribution >= 0.6 is 24.8 Å². The Balaban J connectivity index is 0.00000196.